The third kappa shape index (κ3) is 2.61. The molecule has 1 heterocycles. The molecule has 0 aliphatic heterocycles. The first-order chi connectivity index (χ1) is 8.62. The van der Waals surface area contributed by atoms with E-state index >= 15 is 0 Å². The van der Waals surface area contributed by atoms with Gasteiger partial charge in [0.1, 0.15) is 0 Å². The highest BCUT2D eigenvalue weighted by atomic mass is 79.9. The summed E-state index contributed by atoms with van der Waals surface area (Å²) in [5.41, 5.74) is -0.126. The van der Waals surface area contributed by atoms with Crippen LogP contribution >= 0.6 is 15.9 Å². The van der Waals surface area contributed by atoms with Crippen molar-refractivity contribution in [2.45, 2.75) is 32.4 Å². The number of para-hydroxylation sites is 1. The van der Waals surface area contributed by atoms with Gasteiger partial charge in [-0.25, -0.2) is 0 Å². The molecule has 0 aliphatic carbocycles. The lowest BCUT2D eigenvalue weighted by atomic mass is 9.84. The van der Waals surface area contributed by atoms with E-state index in [1.54, 1.807) is 6.07 Å². The van der Waals surface area contributed by atoms with Crippen molar-refractivity contribution in [1.29, 1.82) is 0 Å². The van der Waals surface area contributed by atoms with E-state index in [0.717, 1.165) is 16.1 Å². The van der Waals surface area contributed by atoms with Crippen molar-refractivity contribution in [3.8, 4) is 0 Å². The maximum atomic E-state index is 13.0. The van der Waals surface area contributed by atoms with Crippen LogP contribution in [0.15, 0.2) is 28.9 Å². The van der Waals surface area contributed by atoms with Gasteiger partial charge in [0.15, 0.2) is 0 Å². The zero-order valence-electron chi connectivity index (χ0n) is 10.8. The first kappa shape index (κ1) is 14.3. The number of benzene rings is 1. The van der Waals surface area contributed by atoms with E-state index in [1.807, 2.05) is 20.8 Å². The van der Waals surface area contributed by atoms with Crippen LogP contribution in [0.2, 0.25) is 0 Å². The van der Waals surface area contributed by atoms with Gasteiger partial charge in [0, 0.05) is 16.1 Å². The second kappa shape index (κ2) is 4.47. The Labute approximate surface area is 118 Å². The zero-order valence-corrected chi connectivity index (χ0v) is 12.4. The molecule has 0 atom stereocenters. The number of alkyl halides is 3. The normalized spacial score (nSPS) is 13.0. The monoisotopic (exact) mass is 331 g/mol. The number of rotatable bonds is 0. The second-order valence-corrected chi connectivity index (χ2v) is 6.28. The predicted octanol–water partition coefficient (Wildman–Crippen LogP) is 5.31. The minimum atomic E-state index is -4.39. The fourth-order valence-corrected chi connectivity index (χ4v) is 3.10. The molecular formula is C14H13BrF3N. The van der Waals surface area contributed by atoms with Gasteiger partial charge < -0.3 is 0 Å². The van der Waals surface area contributed by atoms with E-state index in [2.05, 4.69) is 20.9 Å². The summed E-state index contributed by atoms with van der Waals surface area (Å²) >= 11 is 3.38. The Hall–Kier alpha value is -1.10. The molecule has 0 aliphatic rings. The lowest BCUT2D eigenvalue weighted by molar-refractivity contribution is -0.136. The third-order valence-corrected chi connectivity index (χ3v) is 3.51. The molecule has 2 rings (SSSR count). The van der Waals surface area contributed by atoms with Gasteiger partial charge in [0.05, 0.1) is 11.1 Å². The molecule has 0 saturated carbocycles. The predicted molar refractivity (Wildman–Crippen MR) is 73.1 cm³/mol. The van der Waals surface area contributed by atoms with E-state index in [9.17, 15) is 13.2 Å². The lowest BCUT2D eigenvalue weighted by Crippen LogP contribution is -2.14. The molecule has 0 radical (unpaired) electrons. The van der Waals surface area contributed by atoms with E-state index in [-0.39, 0.29) is 10.9 Å². The molecule has 19 heavy (non-hydrogen) atoms. The standard InChI is InChI=1S/C14H13BrF3N/c1-13(2,3)11-8-5-4-6-9(14(16,17)18)12(8)19-7-10(11)15/h4-7H,1-3H3. The number of nitrogens with zero attached hydrogens (tertiary/aromatic N) is 1. The number of aromatic nitrogens is 1. The van der Waals surface area contributed by atoms with Crippen LogP contribution in [0, 0.1) is 0 Å². The quantitative estimate of drug-likeness (QED) is 0.637. The van der Waals surface area contributed by atoms with Crippen molar-refractivity contribution in [1.82, 2.24) is 4.98 Å². The number of hydrogen-bond donors (Lipinski definition) is 0. The Morgan fingerprint density at radius 1 is 1.11 bits per heavy atom. The molecule has 5 heteroatoms. The van der Waals surface area contributed by atoms with Crippen LogP contribution in [0.5, 0.6) is 0 Å². The van der Waals surface area contributed by atoms with Gasteiger partial charge >= 0.3 is 6.18 Å². The lowest BCUT2D eigenvalue weighted by Gasteiger charge is -2.23. The molecular weight excluding hydrogens is 319 g/mol. The van der Waals surface area contributed by atoms with E-state index in [4.69, 9.17) is 0 Å². The molecule has 0 bridgehead atoms. The first-order valence-corrected chi connectivity index (χ1v) is 6.56. The summed E-state index contributed by atoms with van der Waals surface area (Å²) in [7, 11) is 0. The summed E-state index contributed by atoms with van der Waals surface area (Å²) in [6.45, 7) is 5.90. The average molecular weight is 332 g/mol. The Kier molecular flexibility index (Phi) is 3.37. The summed E-state index contributed by atoms with van der Waals surface area (Å²) in [5.74, 6) is 0. The van der Waals surface area contributed by atoms with Crippen LogP contribution in [-0.2, 0) is 11.6 Å². The maximum Gasteiger partial charge on any atom is 0.418 e. The highest BCUT2D eigenvalue weighted by molar-refractivity contribution is 9.10. The van der Waals surface area contributed by atoms with E-state index < -0.39 is 11.7 Å². The molecule has 102 valence electrons. The molecule has 0 amide bonds. The average Bonchev–Trinajstić information content (AvgIpc) is 2.24. The first-order valence-electron chi connectivity index (χ1n) is 5.77. The molecule has 1 aromatic carbocycles. The van der Waals surface area contributed by atoms with E-state index in [1.165, 1.54) is 12.3 Å². The Bertz CT molecular complexity index is 627. The van der Waals surface area contributed by atoms with Gasteiger partial charge in [0.25, 0.3) is 0 Å². The van der Waals surface area contributed by atoms with Crippen molar-refractivity contribution >= 4 is 26.8 Å². The van der Waals surface area contributed by atoms with Crippen molar-refractivity contribution in [2.75, 3.05) is 0 Å². The van der Waals surface area contributed by atoms with E-state index in [0.29, 0.717) is 5.39 Å². The number of pyridine rings is 1. The van der Waals surface area contributed by atoms with Crippen molar-refractivity contribution in [2.24, 2.45) is 0 Å². The summed E-state index contributed by atoms with van der Waals surface area (Å²) < 4.78 is 39.7. The van der Waals surface area contributed by atoms with Crippen LogP contribution < -0.4 is 0 Å². The van der Waals surface area contributed by atoms with Crippen LogP contribution in [0.4, 0.5) is 13.2 Å². The van der Waals surface area contributed by atoms with Crippen LogP contribution in [0.25, 0.3) is 10.9 Å². The molecule has 0 fully saturated rings. The Balaban J connectivity index is 2.90. The summed E-state index contributed by atoms with van der Waals surface area (Å²) in [5, 5.41) is 0.539. The minimum Gasteiger partial charge on any atom is -0.254 e. The Morgan fingerprint density at radius 2 is 1.74 bits per heavy atom. The number of halogens is 4. The van der Waals surface area contributed by atoms with Gasteiger partial charge in [0.2, 0.25) is 0 Å². The smallest absolute Gasteiger partial charge is 0.254 e. The van der Waals surface area contributed by atoms with Crippen LogP contribution in [-0.4, -0.2) is 4.98 Å². The number of hydrogen-bond acceptors (Lipinski definition) is 1. The van der Waals surface area contributed by atoms with Crippen molar-refractivity contribution in [3.05, 3.63) is 40.0 Å². The fraction of sp³-hybridized carbons (Fsp3) is 0.357. The summed E-state index contributed by atoms with van der Waals surface area (Å²) in [6.07, 6.45) is -2.95. The Morgan fingerprint density at radius 3 is 2.26 bits per heavy atom. The van der Waals surface area contributed by atoms with Gasteiger partial charge in [-0.3, -0.25) is 4.98 Å². The molecule has 0 N–H and O–H groups in total. The molecule has 0 unspecified atom stereocenters. The highest BCUT2D eigenvalue weighted by Gasteiger charge is 2.34. The van der Waals surface area contributed by atoms with Gasteiger partial charge in [-0.1, -0.05) is 32.9 Å². The zero-order chi connectivity index (χ0) is 14.4. The maximum absolute atomic E-state index is 13.0. The summed E-state index contributed by atoms with van der Waals surface area (Å²) in [6, 6.07) is 4.17. The topological polar surface area (TPSA) is 12.9 Å². The molecule has 0 saturated heterocycles. The second-order valence-electron chi connectivity index (χ2n) is 5.43. The minimum absolute atomic E-state index is 0.00289. The molecule has 1 aromatic heterocycles. The molecule has 0 spiro atoms. The largest absolute Gasteiger partial charge is 0.418 e. The van der Waals surface area contributed by atoms with Crippen LogP contribution in [0.1, 0.15) is 31.9 Å². The third-order valence-electron chi connectivity index (χ3n) is 2.91. The fourth-order valence-electron chi connectivity index (χ4n) is 2.19. The van der Waals surface area contributed by atoms with Gasteiger partial charge in [-0.05, 0) is 33.0 Å². The van der Waals surface area contributed by atoms with Gasteiger partial charge in [-0.15, -0.1) is 0 Å². The number of fused-ring (bicyclic) bond motifs is 1. The van der Waals surface area contributed by atoms with Crippen LogP contribution in [0.3, 0.4) is 0 Å². The SMILES string of the molecule is CC(C)(C)c1c(Br)cnc2c(C(F)(F)F)cccc12. The van der Waals surface area contributed by atoms with Crippen molar-refractivity contribution in [3.63, 3.8) is 0 Å². The summed E-state index contributed by atoms with van der Waals surface area (Å²) in [4.78, 5) is 3.95. The van der Waals surface area contributed by atoms with Gasteiger partial charge in [-0.2, -0.15) is 13.2 Å². The molecule has 1 nitrogen and oxygen atoms in total. The molecule has 2 aromatic rings. The van der Waals surface area contributed by atoms with Crippen molar-refractivity contribution < 1.29 is 13.2 Å². The highest BCUT2D eigenvalue weighted by Crippen LogP contribution is 2.39.